The second kappa shape index (κ2) is 15.1. The van der Waals surface area contributed by atoms with E-state index in [1.54, 1.807) is 0 Å². The minimum Gasteiger partial charge on any atom is -0.394 e. The Morgan fingerprint density at radius 3 is 1.50 bits per heavy atom. The number of rotatable bonds is 8. The Labute approximate surface area is 336 Å². The summed E-state index contributed by atoms with van der Waals surface area (Å²) in [6.07, 6.45) is 12.1. The molecule has 6 fully saturated rings. The number of anilines is 2. The van der Waals surface area contributed by atoms with Gasteiger partial charge < -0.3 is 53.3 Å². The number of ether oxygens (including phenoxy) is 6. The van der Waals surface area contributed by atoms with Gasteiger partial charge in [0.15, 0.2) is 24.0 Å². The van der Waals surface area contributed by atoms with Gasteiger partial charge in [-0.1, -0.05) is 32.6 Å². The van der Waals surface area contributed by atoms with Gasteiger partial charge in [-0.25, -0.2) is 9.97 Å². The number of hydrogen-bond donors (Lipinski definition) is 3. The summed E-state index contributed by atoms with van der Waals surface area (Å²) in [7, 11) is 0. The summed E-state index contributed by atoms with van der Waals surface area (Å²) < 4.78 is 40.7. The van der Waals surface area contributed by atoms with Crippen molar-refractivity contribution in [3.8, 4) is 0 Å². The van der Waals surface area contributed by atoms with E-state index >= 15 is 0 Å². The molecule has 0 aromatic carbocycles. The Morgan fingerprint density at radius 2 is 1.07 bits per heavy atom. The van der Waals surface area contributed by atoms with E-state index in [9.17, 15) is 5.11 Å². The van der Waals surface area contributed by atoms with Crippen LogP contribution in [0.15, 0.2) is 24.5 Å². The van der Waals surface area contributed by atoms with Crippen molar-refractivity contribution in [1.82, 2.24) is 29.1 Å². The van der Waals surface area contributed by atoms with E-state index in [2.05, 4.69) is 37.5 Å². The summed E-state index contributed by atoms with van der Waals surface area (Å²) in [6.45, 7) is 9.60. The van der Waals surface area contributed by atoms with Crippen LogP contribution in [0.4, 0.5) is 11.6 Å². The minimum atomic E-state index is -0.727. The van der Waals surface area contributed by atoms with Gasteiger partial charge in [0, 0.05) is 24.5 Å². The molecule has 3 N–H and O–H groups in total. The molecule has 4 aliphatic heterocycles. The van der Waals surface area contributed by atoms with Crippen molar-refractivity contribution < 1.29 is 33.5 Å². The summed E-state index contributed by atoms with van der Waals surface area (Å²) >= 11 is 12.5. The quantitative estimate of drug-likeness (QED) is 0.155. The van der Waals surface area contributed by atoms with E-state index in [4.69, 9.17) is 51.6 Å². The van der Waals surface area contributed by atoms with Crippen molar-refractivity contribution in [2.24, 2.45) is 0 Å². The zero-order valence-corrected chi connectivity index (χ0v) is 34.0. The van der Waals surface area contributed by atoms with E-state index in [1.165, 1.54) is 25.7 Å². The van der Waals surface area contributed by atoms with Gasteiger partial charge in [-0.3, -0.25) is 0 Å². The number of aliphatic hydroxyl groups is 1. The van der Waals surface area contributed by atoms with Crippen LogP contribution in [0, 0.1) is 0 Å². The van der Waals surface area contributed by atoms with Gasteiger partial charge in [0.2, 0.25) is 10.6 Å². The summed E-state index contributed by atoms with van der Waals surface area (Å²) in [5.41, 5.74) is 1.44. The molecular weight excluding hydrogens is 763 g/mol. The standard InChI is InChI=1S/C20H27ClN4O3.C19H25ClN4O4/c1-4-13-14-15(28-20(2,3)27-14)18(26-13)25-10-9-12-16(22-11-7-5-6-8-11)23-19(21)24-17(12)25;1-19(2)27-13-12(9-25)26-17(14(13)28-19)24-8-7-11-15(21-10-5-3-4-6-10)22-18(20)23-16(11)24/h9-11,13-15,18H,4-8H2,1-3H3,(H,22,23,24);7-8,10,12-14,17,25H,3-6,9H2,1-2H3,(H,21,22,23)/t13-,14-,15-,18-;12-,13-,14-,17-/m11/s1. The van der Waals surface area contributed by atoms with Crippen LogP contribution in [0.2, 0.25) is 10.6 Å². The summed E-state index contributed by atoms with van der Waals surface area (Å²) in [5.74, 6) is 0.203. The predicted molar refractivity (Wildman–Crippen MR) is 210 cm³/mol. The molecule has 17 heteroatoms. The van der Waals surface area contributed by atoms with Gasteiger partial charge >= 0.3 is 0 Å². The van der Waals surface area contributed by atoms with E-state index in [0.717, 1.165) is 60.2 Å². The number of fused-ring (bicyclic) bond motifs is 4. The van der Waals surface area contributed by atoms with Crippen LogP contribution in [0.5, 0.6) is 0 Å². The minimum absolute atomic E-state index is 0.0115. The second-order valence-corrected chi connectivity index (χ2v) is 17.4. The highest BCUT2D eigenvalue weighted by atomic mass is 35.5. The first-order valence-corrected chi connectivity index (χ1v) is 20.9. The molecule has 0 bridgehead atoms. The average molecular weight is 816 g/mol. The third-order valence-electron chi connectivity index (χ3n) is 11.9. The van der Waals surface area contributed by atoms with Crippen LogP contribution < -0.4 is 10.6 Å². The molecule has 0 amide bonds. The molecule has 8 heterocycles. The summed E-state index contributed by atoms with van der Waals surface area (Å²) in [4.78, 5) is 17.9. The normalized spacial score (nSPS) is 32.3. The van der Waals surface area contributed by atoms with Crippen molar-refractivity contribution in [1.29, 1.82) is 0 Å². The van der Waals surface area contributed by atoms with E-state index < -0.39 is 23.9 Å². The Hall–Kier alpha value is -2.86. The molecule has 56 heavy (non-hydrogen) atoms. The Balaban J connectivity index is 0.000000146. The van der Waals surface area contributed by atoms with Gasteiger partial charge in [-0.2, -0.15) is 9.97 Å². The highest BCUT2D eigenvalue weighted by molar-refractivity contribution is 6.29. The lowest BCUT2D eigenvalue weighted by atomic mass is 10.1. The van der Waals surface area contributed by atoms with E-state index in [-0.39, 0.29) is 53.9 Å². The molecule has 304 valence electrons. The number of halogens is 2. The van der Waals surface area contributed by atoms with Crippen molar-refractivity contribution >= 4 is 56.9 Å². The molecule has 2 aliphatic carbocycles. The molecule has 2 saturated carbocycles. The monoisotopic (exact) mass is 814 g/mol. The van der Waals surface area contributed by atoms with Gasteiger partial charge in [0.1, 0.15) is 53.4 Å². The maximum absolute atomic E-state index is 9.73. The zero-order chi connectivity index (χ0) is 38.9. The van der Waals surface area contributed by atoms with Crippen LogP contribution >= 0.6 is 23.2 Å². The molecule has 8 atom stereocenters. The van der Waals surface area contributed by atoms with Crippen LogP contribution in [0.3, 0.4) is 0 Å². The Bertz CT molecular complexity index is 1910. The van der Waals surface area contributed by atoms with Crippen LogP contribution in [-0.4, -0.2) is 101 Å². The largest absolute Gasteiger partial charge is 0.394 e. The third kappa shape index (κ3) is 7.25. The van der Waals surface area contributed by atoms with Gasteiger partial charge in [-0.05, 0) is 95.1 Å². The maximum atomic E-state index is 9.73. The maximum Gasteiger partial charge on any atom is 0.226 e. The molecule has 15 nitrogen and oxygen atoms in total. The first-order chi connectivity index (χ1) is 26.9. The highest BCUT2D eigenvalue weighted by Gasteiger charge is 2.57. The average Bonchev–Trinajstić information content (AvgIpc) is 3.99. The molecular formula is C39H52Cl2N8O7. The number of nitrogens with zero attached hydrogens (tertiary/aromatic N) is 6. The van der Waals surface area contributed by atoms with Gasteiger partial charge in [-0.15, -0.1) is 0 Å². The summed E-state index contributed by atoms with van der Waals surface area (Å²) in [5, 5.41) is 19.1. The molecule has 10 rings (SSSR count). The zero-order valence-electron chi connectivity index (χ0n) is 32.5. The van der Waals surface area contributed by atoms with Crippen molar-refractivity contribution in [3.63, 3.8) is 0 Å². The molecule has 0 unspecified atom stereocenters. The van der Waals surface area contributed by atoms with Gasteiger partial charge in [0.25, 0.3) is 0 Å². The number of aliphatic hydroxyl groups excluding tert-OH is 1. The van der Waals surface area contributed by atoms with Crippen molar-refractivity contribution in [2.75, 3.05) is 17.2 Å². The van der Waals surface area contributed by atoms with Crippen molar-refractivity contribution in [3.05, 3.63) is 35.1 Å². The lowest BCUT2D eigenvalue weighted by Gasteiger charge is -2.24. The second-order valence-electron chi connectivity index (χ2n) is 16.7. The van der Waals surface area contributed by atoms with Crippen LogP contribution in [0.1, 0.15) is 105 Å². The molecule has 0 radical (unpaired) electrons. The lowest BCUT2D eigenvalue weighted by Crippen LogP contribution is -2.31. The number of aromatic nitrogens is 6. The molecule has 6 aliphatic rings. The topological polar surface area (TPSA) is 161 Å². The highest BCUT2D eigenvalue weighted by Crippen LogP contribution is 2.46. The lowest BCUT2D eigenvalue weighted by molar-refractivity contribution is -0.199. The van der Waals surface area contributed by atoms with Crippen LogP contribution in [0.25, 0.3) is 22.1 Å². The molecule has 4 saturated heterocycles. The molecule has 0 spiro atoms. The first-order valence-electron chi connectivity index (χ1n) is 20.1. The Kier molecular flexibility index (Phi) is 10.4. The smallest absolute Gasteiger partial charge is 0.226 e. The Morgan fingerprint density at radius 1 is 0.661 bits per heavy atom. The summed E-state index contributed by atoms with van der Waals surface area (Å²) in [6, 6.07) is 4.85. The van der Waals surface area contributed by atoms with Crippen molar-refractivity contribution in [2.45, 2.75) is 165 Å². The fourth-order valence-electron chi connectivity index (χ4n) is 9.41. The third-order valence-corrected chi connectivity index (χ3v) is 12.2. The van der Waals surface area contributed by atoms with Crippen LogP contribution in [-0.2, 0) is 28.4 Å². The first kappa shape index (κ1) is 38.6. The molecule has 4 aromatic heterocycles. The fraction of sp³-hybridized carbons (Fsp3) is 0.692. The van der Waals surface area contributed by atoms with E-state index in [1.807, 2.05) is 61.4 Å². The molecule has 4 aromatic rings. The fourth-order valence-corrected chi connectivity index (χ4v) is 9.74. The number of hydrogen-bond acceptors (Lipinski definition) is 13. The number of nitrogens with one attached hydrogen (secondary N) is 2. The van der Waals surface area contributed by atoms with E-state index in [0.29, 0.717) is 17.7 Å². The van der Waals surface area contributed by atoms with Gasteiger partial charge in [0.05, 0.1) is 23.5 Å². The predicted octanol–water partition coefficient (Wildman–Crippen LogP) is 7.12. The SMILES string of the molecule is CC1(C)O[C@@H]2[C@H](O1)[C@@H](CO)O[C@H]2n1ccc2c(NC3CCCC3)nc(Cl)nc21.CC[C@H]1O[C@@H](n2ccc3c(NC4CCCC4)nc(Cl)nc32)[C@@H]2OC(C)(C)O[C@@H]21.